The molecule has 2 nitrogen and oxygen atoms in total. The maximum atomic E-state index is 11.1. The van der Waals surface area contributed by atoms with Crippen molar-refractivity contribution >= 4 is 17.5 Å². The molecule has 0 aliphatic carbocycles. The van der Waals surface area contributed by atoms with E-state index in [9.17, 15) is 4.79 Å². The summed E-state index contributed by atoms with van der Waals surface area (Å²) in [5, 5.41) is 2.87. The molecule has 0 fully saturated rings. The first kappa shape index (κ1) is 11.8. The van der Waals surface area contributed by atoms with E-state index in [1.165, 1.54) is 0 Å². The van der Waals surface area contributed by atoms with Gasteiger partial charge in [-0.3, -0.25) is 4.79 Å². The Morgan fingerprint density at radius 3 is 2.42 bits per heavy atom. The van der Waals surface area contributed by atoms with Crippen molar-refractivity contribution in [3.63, 3.8) is 0 Å². The zero-order valence-corrected chi connectivity index (χ0v) is 8.82. The van der Waals surface area contributed by atoms with Crippen molar-refractivity contribution in [2.24, 2.45) is 11.8 Å². The molecular formula is C9H18ClNO. The minimum atomic E-state index is 0.0770. The molecular weight excluding hydrogens is 174 g/mol. The highest BCUT2D eigenvalue weighted by Crippen LogP contribution is 2.01. The molecule has 12 heavy (non-hydrogen) atoms. The first-order valence-electron chi connectivity index (χ1n) is 4.41. The van der Waals surface area contributed by atoms with Gasteiger partial charge in [-0.05, 0) is 12.3 Å². The second kappa shape index (κ2) is 6.30. The van der Waals surface area contributed by atoms with Gasteiger partial charge in [0.2, 0.25) is 5.91 Å². The van der Waals surface area contributed by atoms with E-state index in [4.69, 9.17) is 11.6 Å². The van der Waals surface area contributed by atoms with Crippen molar-refractivity contribution in [3.8, 4) is 0 Å². The summed E-state index contributed by atoms with van der Waals surface area (Å²) in [6.07, 6.45) is 0.958. The quantitative estimate of drug-likeness (QED) is 0.662. The van der Waals surface area contributed by atoms with E-state index in [1.807, 2.05) is 13.8 Å². The third kappa shape index (κ3) is 5.42. The molecule has 0 saturated carbocycles. The van der Waals surface area contributed by atoms with Crippen LogP contribution in [-0.2, 0) is 4.79 Å². The van der Waals surface area contributed by atoms with Gasteiger partial charge in [-0.25, -0.2) is 0 Å². The van der Waals surface area contributed by atoms with Gasteiger partial charge in [0, 0.05) is 18.3 Å². The summed E-state index contributed by atoms with van der Waals surface area (Å²) in [6, 6.07) is 0. The summed E-state index contributed by atoms with van der Waals surface area (Å²) in [5.41, 5.74) is 0. The van der Waals surface area contributed by atoms with Crippen molar-refractivity contribution in [2.45, 2.75) is 27.2 Å². The van der Waals surface area contributed by atoms with Gasteiger partial charge < -0.3 is 5.32 Å². The Bertz CT molecular complexity index is 136. The van der Waals surface area contributed by atoms with Gasteiger partial charge in [-0.1, -0.05) is 20.8 Å². The first-order chi connectivity index (χ1) is 5.57. The summed E-state index contributed by atoms with van der Waals surface area (Å²) < 4.78 is 0. The average Bonchev–Trinajstić information content (AvgIpc) is 2.00. The molecule has 0 saturated heterocycles. The standard InChI is InChI=1S/C9H18ClNO/c1-7(2)9(12)11-6-8(3)4-5-10/h7-8H,4-6H2,1-3H3,(H,11,12). The van der Waals surface area contributed by atoms with Crippen molar-refractivity contribution in [1.82, 2.24) is 5.32 Å². The topological polar surface area (TPSA) is 29.1 Å². The van der Waals surface area contributed by atoms with E-state index in [-0.39, 0.29) is 11.8 Å². The summed E-state index contributed by atoms with van der Waals surface area (Å²) in [6.45, 7) is 6.61. The van der Waals surface area contributed by atoms with Crippen molar-refractivity contribution in [3.05, 3.63) is 0 Å². The Kier molecular flexibility index (Phi) is 6.17. The molecule has 1 atom stereocenters. The zero-order chi connectivity index (χ0) is 9.56. The van der Waals surface area contributed by atoms with Crippen LogP contribution in [0.1, 0.15) is 27.2 Å². The molecule has 1 N–H and O–H groups in total. The van der Waals surface area contributed by atoms with Crippen LogP contribution < -0.4 is 5.32 Å². The van der Waals surface area contributed by atoms with Crippen molar-refractivity contribution < 1.29 is 4.79 Å². The SMILES string of the molecule is CC(CCCl)CNC(=O)C(C)C. The molecule has 1 amide bonds. The fraction of sp³-hybridized carbons (Fsp3) is 0.889. The highest BCUT2D eigenvalue weighted by Gasteiger charge is 2.07. The lowest BCUT2D eigenvalue weighted by Gasteiger charge is -2.12. The molecule has 0 aliphatic heterocycles. The molecule has 0 aliphatic rings. The van der Waals surface area contributed by atoms with Gasteiger partial charge in [-0.2, -0.15) is 0 Å². The fourth-order valence-corrected chi connectivity index (χ4v) is 1.14. The lowest BCUT2D eigenvalue weighted by molar-refractivity contribution is -0.124. The van der Waals surface area contributed by atoms with Crippen LogP contribution in [0.25, 0.3) is 0 Å². The molecule has 3 heteroatoms. The molecule has 0 spiro atoms. The second-order valence-corrected chi connectivity index (χ2v) is 3.86. The number of halogens is 1. The largest absolute Gasteiger partial charge is 0.356 e. The summed E-state index contributed by atoms with van der Waals surface area (Å²) in [4.78, 5) is 11.1. The molecule has 1 unspecified atom stereocenters. The van der Waals surface area contributed by atoms with Gasteiger partial charge in [0.05, 0.1) is 0 Å². The second-order valence-electron chi connectivity index (χ2n) is 3.48. The number of carbonyl (C=O) groups excluding carboxylic acids is 1. The molecule has 0 aromatic rings. The van der Waals surface area contributed by atoms with Crippen LogP contribution >= 0.6 is 11.6 Å². The monoisotopic (exact) mass is 191 g/mol. The normalized spacial score (nSPS) is 13.1. The highest BCUT2D eigenvalue weighted by molar-refractivity contribution is 6.17. The van der Waals surface area contributed by atoms with Gasteiger partial charge in [0.15, 0.2) is 0 Å². The number of hydrogen-bond donors (Lipinski definition) is 1. The molecule has 0 rings (SSSR count). The van der Waals surface area contributed by atoms with Crippen molar-refractivity contribution in [1.29, 1.82) is 0 Å². The predicted molar refractivity (Wildman–Crippen MR) is 52.3 cm³/mol. The van der Waals surface area contributed by atoms with E-state index in [0.29, 0.717) is 11.8 Å². The Hall–Kier alpha value is -0.240. The van der Waals surface area contributed by atoms with Gasteiger partial charge in [-0.15, -0.1) is 11.6 Å². The predicted octanol–water partition coefficient (Wildman–Crippen LogP) is 2.02. The number of nitrogens with one attached hydrogen (secondary N) is 1. The third-order valence-corrected chi connectivity index (χ3v) is 1.97. The van der Waals surface area contributed by atoms with Gasteiger partial charge >= 0.3 is 0 Å². The van der Waals surface area contributed by atoms with E-state index in [0.717, 1.165) is 13.0 Å². The fourth-order valence-electron chi connectivity index (χ4n) is 0.767. The molecule has 0 heterocycles. The third-order valence-electron chi connectivity index (χ3n) is 1.75. The summed E-state index contributed by atoms with van der Waals surface area (Å²) in [7, 11) is 0. The lowest BCUT2D eigenvalue weighted by Crippen LogP contribution is -2.31. The number of carbonyl (C=O) groups is 1. The van der Waals surface area contributed by atoms with Crippen LogP contribution in [-0.4, -0.2) is 18.3 Å². The Morgan fingerprint density at radius 2 is 2.00 bits per heavy atom. The molecule has 0 aromatic carbocycles. The van der Waals surface area contributed by atoms with E-state index in [1.54, 1.807) is 0 Å². The van der Waals surface area contributed by atoms with Crippen LogP contribution in [0.2, 0.25) is 0 Å². The number of hydrogen-bond acceptors (Lipinski definition) is 1. The smallest absolute Gasteiger partial charge is 0.222 e. The van der Waals surface area contributed by atoms with Crippen LogP contribution in [0.15, 0.2) is 0 Å². The van der Waals surface area contributed by atoms with E-state index in [2.05, 4.69) is 12.2 Å². The first-order valence-corrected chi connectivity index (χ1v) is 4.95. The molecule has 0 aromatic heterocycles. The molecule has 0 radical (unpaired) electrons. The number of rotatable bonds is 5. The Balaban J connectivity index is 3.47. The van der Waals surface area contributed by atoms with E-state index >= 15 is 0 Å². The zero-order valence-electron chi connectivity index (χ0n) is 8.06. The Labute approximate surface area is 79.7 Å². The minimum absolute atomic E-state index is 0.0770. The molecule has 0 bridgehead atoms. The molecule has 72 valence electrons. The van der Waals surface area contributed by atoms with Crippen LogP contribution in [0, 0.1) is 11.8 Å². The lowest BCUT2D eigenvalue weighted by atomic mass is 10.1. The average molecular weight is 192 g/mol. The van der Waals surface area contributed by atoms with Gasteiger partial charge in [0.25, 0.3) is 0 Å². The maximum absolute atomic E-state index is 11.1. The highest BCUT2D eigenvalue weighted by atomic mass is 35.5. The Morgan fingerprint density at radius 1 is 1.42 bits per heavy atom. The van der Waals surface area contributed by atoms with E-state index < -0.39 is 0 Å². The summed E-state index contributed by atoms with van der Waals surface area (Å²) >= 11 is 5.56. The minimum Gasteiger partial charge on any atom is -0.356 e. The number of amides is 1. The van der Waals surface area contributed by atoms with Crippen molar-refractivity contribution in [2.75, 3.05) is 12.4 Å². The van der Waals surface area contributed by atoms with Crippen LogP contribution in [0.4, 0.5) is 0 Å². The summed E-state index contributed by atoms with van der Waals surface area (Å²) in [5.74, 6) is 1.34. The maximum Gasteiger partial charge on any atom is 0.222 e. The number of alkyl halides is 1. The van der Waals surface area contributed by atoms with Gasteiger partial charge in [0.1, 0.15) is 0 Å². The van der Waals surface area contributed by atoms with Crippen LogP contribution in [0.3, 0.4) is 0 Å². The van der Waals surface area contributed by atoms with Crippen LogP contribution in [0.5, 0.6) is 0 Å².